The highest BCUT2D eigenvalue weighted by molar-refractivity contribution is 6.06. The molecular weight excluding hydrogens is 500 g/mol. The zero-order chi connectivity index (χ0) is 27.6. The number of nitriles is 1. The number of allylic oxidation sites excluding steroid dienone is 3. The summed E-state index contributed by atoms with van der Waals surface area (Å²) in [6.07, 6.45) is 5.99. The van der Waals surface area contributed by atoms with Gasteiger partial charge in [0, 0.05) is 37.7 Å². The molecule has 0 spiro atoms. The monoisotopic (exact) mass is 528 g/mol. The molecule has 2 aromatic heterocycles. The maximum Gasteiger partial charge on any atom is 0.286 e. The Morgan fingerprint density at radius 2 is 1.87 bits per heavy atom. The van der Waals surface area contributed by atoms with Gasteiger partial charge in [-0.2, -0.15) is 29.0 Å². The zero-order valence-corrected chi connectivity index (χ0v) is 21.1. The second-order valence-corrected chi connectivity index (χ2v) is 9.66. The van der Waals surface area contributed by atoms with Gasteiger partial charge in [-0.25, -0.2) is 13.8 Å². The van der Waals surface area contributed by atoms with Crippen molar-refractivity contribution < 1.29 is 17.6 Å². The molecule has 8 nitrogen and oxygen atoms in total. The first kappa shape index (κ1) is 27.2. The maximum atomic E-state index is 13.8. The average molecular weight is 529 g/mol. The molecule has 2 aromatic rings. The van der Waals surface area contributed by atoms with E-state index in [9.17, 15) is 22.8 Å². The molecule has 0 saturated heterocycles. The predicted molar refractivity (Wildman–Crippen MR) is 136 cm³/mol. The van der Waals surface area contributed by atoms with Gasteiger partial charge in [-0.1, -0.05) is 12.7 Å². The molecule has 0 radical (unpaired) electrons. The van der Waals surface area contributed by atoms with Crippen LogP contribution >= 0.6 is 0 Å². The second kappa shape index (κ2) is 10.5. The third-order valence-electron chi connectivity index (χ3n) is 6.47. The third kappa shape index (κ3) is 6.51. The number of hydrogen-bond acceptors (Lipinski definition) is 8. The molecule has 0 atom stereocenters. The molecule has 2 aliphatic carbocycles. The summed E-state index contributed by atoms with van der Waals surface area (Å²) in [4.78, 5) is 21.4. The van der Waals surface area contributed by atoms with Crippen molar-refractivity contribution in [2.75, 3.05) is 10.6 Å². The van der Waals surface area contributed by atoms with Crippen LogP contribution in [0.15, 0.2) is 47.7 Å². The lowest BCUT2D eigenvalue weighted by molar-refractivity contribution is -0.0361. The highest BCUT2D eigenvalue weighted by atomic mass is 19.3. The Hall–Kier alpha value is -3.88. The van der Waals surface area contributed by atoms with Crippen LogP contribution in [0.2, 0.25) is 0 Å². The zero-order valence-electron chi connectivity index (χ0n) is 21.1. The number of halogens is 4. The van der Waals surface area contributed by atoms with E-state index in [1.165, 1.54) is 6.08 Å². The van der Waals surface area contributed by atoms with Crippen molar-refractivity contribution in [1.82, 2.24) is 19.9 Å². The van der Waals surface area contributed by atoms with E-state index in [2.05, 4.69) is 48.2 Å². The molecule has 4 rings (SSSR count). The second-order valence-electron chi connectivity index (χ2n) is 9.66. The van der Waals surface area contributed by atoms with Crippen LogP contribution in [0.1, 0.15) is 63.9 Å². The van der Waals surface area contributed by atoms with E-state index in [4.69, 9.17) is 0 Å². The molecule has 2 saturated carbocycles. The number of aromatic nitrogens is 4. The van der Waals surface area contributed by atoms with E-state index < -0.39 is 23.0 Å². The Bertz CT molecular complexity index is 1300. The number of nitrogens with one attached hydrogen (secondary N) is 2. The van der Waals surface area contributed by atoms with Crippen LogP contribution in [0, 0.1) is 11.3 Å². The summed E-state index contributed by atoms with van der Waals surface area (Å²) in [5, 5.41) is 15.7. The Balaban J connectivity index is 1.69. The van der Waals surface area contributed by atoms with E-state index >= 15 is 0 Å². The van der Waals surface area contributed by atoms with Crippen molar-refractivity contribution in [3.8, 4) is 6.07 Å². The fraction of sp³-hybridized carbons (Fsp3) is 0.462. The van der Waals surface area contributed by atoms with Gasteiger partial charge < -0.3 is 10.6 Å². The smallest absolute Gasteiger partial charge is 0.286 e. The Morgan fingerprint density at radius 1 is 1.18 bits per heavy atom. The summed E-state index contributed by atoms with van der Waals surface area (Å²) < 4.78 is 54.9. The average Bonchev–Trinajstić information content (AvgIpc) is 3.66. The number of aliphatic imine (C=N–C) groups is 1. The lowest BCUT2D eigenvalue weighted by atomic mass is 9.92. The van der Waals surface area contributed by atoms with E-state index in [0.717, 1.165) is 12.8 Å². The van der Waals surface area contributed by atoms with Gasteiger partial charge in [0.05, 0.1) is 17.2 Å². The lowest BCUT2D eigenvalue weighted by Gasteiger charge is -2.28. The molecule has 0 unspecified atom stereocenters. The van der Waals surface area contributed by atoms with E-state index in [1.807, 2.05) is 0 Å². The SMILES string of the molecule is C=C(/N=C(\C=C/C)c1nc(Nc2ccnc(C3(C#N)CC3)c2)nc(NC2CCC(F)(F)CC2)n1)C(C)(F)F. The minimum atomic E-state index is -3.26. The lowest BCUT2D eigenvalue weighted by Crippen LogP contribution is -2.32. The fourth-order valence-electron chi connectivity index (χ4n) is 3.99. The van der Waals surface area contributed by atoms with Crippen molar-refractivity contribution in [2.24, 2.45) is 4.99 Å². The third-order valence-corrected chi connectivity index (χ3v) is 6.47. The summed E-state index contributed by atoms with van der Waals surface area (Å²) >= 11 is 0. The summed E-state index contributed by atoms with van der Waals surface area (Å²) in [6, 6.07) is 5.41. The molecule has 2 fully saturated rings. The van der Waals surface area contributed by atoms with Crippen molar-refractivity contribution in [3.63, 3.8) is 0 Å². The Kier molecular flexibility index (Phi) is 7.49. The number of nitrogens with zero attached hydrogens (tertiary/aromatic N) is 6. The molecule has 38 heavy (non-hydrogen) atoms. The topological polar surface area (TPSA) is 112 Å². The van der Waals surface area contributed by atoms with E-state index in [-0.39, 0.29) is 55.2 Å². The Morgan fingerprint density at radius 3 is 2.47 bits per heavy atom. The molecule has 2 aliphatic rings. The Labute approximate surface area is 218 Å². The number of alkyl halides is 4. The van der Waals surface area contributed by atoms with Gasteiger partial charge in [-0.05, 0) is 50.8 Å². The van der Waals surface area contributed by atoms with E-state index in [0.29, 0.717) is 18.3 Å². The first-order valence-electron chi connectivity index (χ1n) is 12.3. The standard InChI is InChI=1S/C26H28F4N8/c1-4-5-19(33-16(2)24(3,27)28)21-36-22(34-17-6-9-26(29,30)10-7-17)38-23(37-21)35-18-8-13-32-20(14-18)25(15-31)11-12-25/h4-5,8,13-14,17H,2,6-7,9-12H2,1,3H3,(H2,32,34,35,36,37,38)/b5-4-,33-19+. The highest BCUT2D eigenvalue weighted by Gasteiger charge is 2.46. The van der Waals surface area contributed by atoms with Gasteiger partial charge in [0.15, 0.2) is 5.82 Å². The largest absolute Gasteiger partial charge is 0.351 e. The van der Waals surface area contributed by atoms with Crippen LogP contribution in [-0.2, 0) is 5.41 Å². The van der Waals surface area contributed by atoms with Gasteiger partial charge >= 0.3 is 0 Å². The van der Waals surface area contributed by atoms with Gasteiger partial charge in [0.25, 0.3) is 5.92 Å². The van der Waals surface area contributed by atoms with Crippen molar-refractivity contribution >= 4 is 23.3 Å². The molecule has 0 amide bonds. The molecule has 0 aromatic carbocycles. The quantitative estimate of drug-likeness (QED) is 0.299. The molecule has 2 N–H and O–H groups in total. The molecule has 0 bridgehead atoms. The molecule has 200 valence electrons. The maximum absolute atomic E-state index is 13.8. The predicted octanol–water partition coefficient (Wildman–Crippen LogP) is 6.09. The minimum Gasteiger partial charge on any atom is -0.351 e. The van der Waals surface area contributed by atoms with Crippen LogP contribution in [-0.4, -0.2) is 43.5 Å². The first-order chi connectivity index (χ1) is 17.9. The first-order valence-corrected chi connectivity index (χ1v) is 12.3. The highest BCUT2D eigenvalue weighted by Crippen LogP contribution is 2.47. The minimum absolute atomic E-state index is 0.0143. The molecule has 2 heterocycles. The summed E-state index contributed by atoms with van der Waals surface area (Å²) in [5.41, 5.74) is -0.0617. The van der Waals surface area contributed by atoms with Gasteiger partial charge in [-0.3, -0.25) is 4.98 Å². The van der Waals surface area contributed by atoms with Crippen LogP contribution in [0.4, 0.5) is 35.1 Å². The van der Waals surface area contributed by atoms with Gasteiger partial charge in [0.1, 0.15) is 11.4 Å². The molecular formula is C26H28F4N8. The van der Waals surface area contributed by atoms with Crippen molar-refractivity contribution in [3.05, 3.63) is 54.3 Å². The van der Waals surface area contributed by atoms with Crippen LogP contribution < -0.4 is 10.6 Å². The fourth-order valence-corrected chi connectivity index (χ4v) is 3.99. The van der Waals surface area contributed by atoms with Crippen LogP contribution in [0.3, 0.4) is 0 Å². The van der Waals surface area contributed by atoms with Gasteiger partial charge in [-0.15, -0.1) is 0 Å². The van der Waals surface area contributed by atoms with Gasteiger partial charge in [0.2, 0.25) is 17.8 Å². The van der Waals surface area contributed by atoms with Crippen LogP contribution in [0.25, 0.3) is 0 Å². The molecule has 0 aliphatic heterocycles. The van der Waals surface area contributed by atoms with Crippen molar-refractivity contribution in [2.45, 2.75) is 75.7 Å². The normalized spacial score (nSPS) is 19.1. The van der Waals surface area contributed by atoms with Crippen LogP contribution in [0.5, 0.6) is 0 Å². The summed E-state index contributed by atoms with van der Waals surface area (Å²) in [6.45, 7) is 5.74. The van der Waals surface area contributed by atoms with Crippen molar-refractivity contribution in [1.29, 1.82) is 5.26 Å². The summed E-state index contributed by atoms with van der Waals surface area (Å²) in [5.74, 6) is -5.82. The summed E-state index contributed by atoms with van der Waals surface area (Å²) in [7, 11) is 0. The molecule has 12 heteroatoms. The van der Waals surface area contributed by atoms with E-state index in [1.54, 1.807) is 31.3 Å². The number of anilines is 3. The number of rotatable bonds is 9. The number of pyridine rings is 1. The number of hydrogen-bond donors (Lipinski definition) is 2.